The van der Waals surface area contributed by atoms with E-state index in [2.05, 4.69) is 46.8 Å². The molecule has 31 heavy (non-hydrogen) atoms. The van der Waals surface area contributed by atoms with Crippen molar-refractivity contribution in [1.82, 2.24) is 0 Å². The smallest absolute Gasteiger partial charge is 0.158 e. The summed E-state index contributed by atoms with van der Waals surface area (Å²) < 4.78 is 6.48. The van der Waals surface area contributed by atoms with Gasteiger partial charge in [0.25, 0.3) is 0 Å². The average molecular weight is 427 g/mol. The van der Waals surface area contributed by atoms with Crippen LogP contribution < -0.4 is 4.74 Å². The van der Waals surface area contributed by atoms with Crippen LogP contribution in [0.15, 0.2) is 23.8 Å². The van der Waals surface area contributed by atoms with Crippen molar-refractivity contribution in [3.05, 3.63) is 34.9 Å². The third-order valence-electron chi connectivity index (χ3n) is 8.14. The second-order valence-electron chi connectivity index (χ2n) is 11.2. The molecule has 170 valence electrons. The van der Waals surface area contributed by atoms with E-state index in [9.17, 15) is 15.0 Å². The number of fused-ring (bicyclic) bond motifs is 3. The number of carbonyl (C=O) groups excluding carboxylic acids is 1. The zero-order chi connectivity index (χ0) is 22.6. The highest BCUT2D eigenvalue weighted by atomic mass is 16.5. The van der Waals surface area contributed by atoms with E-state index in [1.807, 2.05) is 6.07 Å². The minimum atomic E-state index is -0.368. The van der Waals surface area contributed by atoms with Crippen LogP contribution in [-0.4, -0.2) is 27.7 Å². The van der Waals surface area contributed by atoms with E-state index in [1.165, 1.54) is 0 Å². The van der Waals surface area contributed by atoms with E-state index in [0.29, 0.717) is 18.6 Å². The number of hydrogen-bond acceptors (Lipinski definition) is 4. The van der Waals surface area contributed by atoms with Crippen molar-refractivity contribution in [3.8, 4) is 11.5 Å². The molecule has 1 aromatic rings. The Morgan fingerprint density at radius 2 is 2.00 bits per heavy atom. The SMILES string of the molecule is CCCC(C)(C)c1cc(O)c2c(c1)OC(C)(C)[C@@H]1CC=C(C(=O)CC3CC[C@@H]3O)C[C@@H]21. The summed E-state index contributed by atoms with van der Waals surface area (Å²) in [6, 6.07) is 4.03. The molecule has 1 fully saturated rings. The summed E-state index contributed by atoms with van der Waals surface area (Å²) in [6.45, 7) is 10.9. The molecule has 2 N–H and O–H groups in total. The second-order valence-corrected chi connectivity index (χ2v) is 11.2. The molecule has 1 heterocycles. The van der Waals surface area contributed by atoms with Gasteiger partial charge in [-0.15, -0.1) is 0 Å². The summed E-state index contributed by atoms with van der Waals surface area (Å²) in [6.07, 6.45) is 7.47. The third-order valence-corrected chi connectivity index (χ3v) is 8.14. The summed E-state index contributed by atoms with van der Waals surface area (Å²) in [5.74, 6) is 1.62. The number of benzene rings is 1. The van der Waals surface area contributed by atoms with Gasteiger partial charge in [0.1, 0.15) is 17.1 Å². The van der Waals surface area contributed by atoms with Crippen LogP contribution in [0.25, 0.3) is 0 Å². The van der Waals surface area contributed by atoms with Crippen molar-refractivity contribution in [1.29, 1.82) is 0 Å². The molecule has 4 atom stereocenters. The summed E-state index contributed by atoms with van der Waals surface area (Å²) in [7, 11) is 0. The molecule has 0 radical (unpaired) electrons. The molecule has 2 aliphatic carbocycles. The predicted octanol–water partition coefficient (Wildman–Crippen LogP) is 5.79. The van der Waals surface area contributed by atoms with Crippen LogP contribution in [0.3, 0.4) is 0 Å². The monoisotopic (exact) mass is 426 g/mol. The van der Waals surface area contributed by atoms with Crippen molar-refractivity contribution >= 4 is 5.78 Å². The Hall–Kier alpha value is -1.81. The van der Waals surface area contributed by atoms with Gasteiger partial charge in [0.2, 0.25) is 0 Å². The molecule has 1 saturated carbocycles. The standard InChI is InChI=1S/C27H38O4/c1-6-11-26(2,3)18-14-23(30)25-19-12-16(22(29)13-17-8-10-21(17)28)7-9-20(19)27(4,5)31-24(25)15-18/h7,14-15,17,19-21,28,30H,6,8-13H2,1-5H3/t17?,19-,20-,21+/m1/s1. The zero-order valence-electron chi connectivity index (χ0n) is 19.7. The van der Waals surface area contributed by atoms with Crippen LogP contribution in [0.4, 0.5) is 0 Å². The number of phenols is 1. The number of rotatable bonds is 6. The Bertz CT molecular complexity index is 895. The minimum absolute atomic E-state index is 0.0389. The summed E-state index contributed by atoms with van der Waals surface area (Å²) in [4.78, 5) is 13.0. The molecule has 0 bridgehead atoms. The van der Waals surface area contributed by atoms with Gasteiger partial charge in [-0.2, -0.15) is 0 Å². The van der Waals surface area contributed by atoms with Gasteiger partial charge in [0.05, 0.1) is 6.10 Å². The van der Waals surface area contributed by atoms with Crippen LogP contribution >= 0.6 is 0 Å². The van der Waals surface area contributed by atoms with Gasteiger partial charge in [-0.05, 0) is 80.6 Å². The molecule has 1 aliphatic heterocycles. The maximum atomic E-state index is 13.0. The molecule has 0 saturated heterocycles. The maximum absolute atomic E-state index is 13.0. The fourth-order valence-corrected chi connectivity index (χ4v) is 5.94. The number of allylic oxidation sites excluding steroid dienone is 2. The Labute approximate surface area is 186 Å². The number of ketones is 1. The van der Waals surface area contributed by atoms with Crippen molar-refractivity contribution in [2.45, 2.75) is 103 Å². The van der Waals surface area contributed by atoms with Crippen molar-refractivity contribution in [3.63, 3.8) is 0 Å². The average Bonchev–Trinajstić information content (AvgIpc) is 2.69. The second kappa shape index (κ2) is 7.95. The molecule has 3 aliphatic rings. The lowest BCUT2D eigenvalue weighted by atomic mass is 9.65. The molecular weight excluding hydrogens is 388 g/mol. The predicted molar refractivity (Wildman–Crippen MR) is 123 cm³/mol. The van der Waals surface area contributed by atoms with Gasteiger partial charge in [0, 0.05) is 23.8 Å². The number of phenolic OH excluding ortho intramolecular Hbond substituents is 1. The van der Waals surface area contributed by atoms with Crippen LogP contribution in [0, 0.1) is 11.8 Å². The molecule has 0 amide bonds. The lowest BCUT2D eigenvalue weighted by molar-refractivity contribution is -0.119. The van der Waals surface area contributed by atoms with Crippen LogP contribution in [0.1, 0.15) is 96.6 Å². The van der Waals surface area contributed by atoms with Crippen molar-refractivity contribution < 1.29 is 19.7 Å². The number of hydrogen-bond donors (Lipinski definition) is 2. The normalized spacial score (nSPS) is 29.2. The van der Waals surface area contributed by atoms with Gasteiger partial charge in [-0.3, -0.25) is 4.79 Å². The van der Waals surface area contributed by atoms with Crippen LogP contribution in [0.5, 0.6) is 11.5 Å². The minimum Gasteiger partial charge on any atom is -0.508 e. The topological polar surface area (TPSA) is 66.8 Å². The highest BCUT2D eigenvalue weighted by Crippen LogP contribution is 2.55. The van der Waals surface area contributed by atoms with Crippen molar-refractivity contribution in [2.75, 3.05) is 0 Å². The third kappa shape index (κ3) is 4.04. The molecule has 1 aromatic carbocycles. The first-order valence-electron chi connectivity index (χ1n) is 12.0. The molecule has 4 rings (SSSR count). The van der Waals surface area contributed by atoms with E-state index in [4.69, 9.17) is 4.74 Å². The van der Waals surface area contributed by atoms with Gasteiger partial charge in [0.15, 0.2) is 5.78 Å². The fraction of sp³-hybridized carbons (Fsp3) is 0.667. The number of aliphatic hydroxyl groups excluding tert-OH is 1. The van der Waals surface area contributed by atoms with E-state index < -0.39 is 0 Å². The van der Waals surface area contributed by atoms with Gasteiger partial charge in [-0.25, -0.2) is 0 Å². The van der Waals surface area contributed by atoms with E-state index >= 15 is 0 Å². The zero-order valence-corrected chi connectivity index (χ0v) is 19.7. The highest BCUT2D eigenvalue weighted by Gasteiger charge is 2.47. The first-order valence-corrected chi connectivity index (χ1v) is 12.0. The van der Waals surface area contributed by atoms with Gasteiger partial charge in [-0.1, -0.05) is 33.3 Å². The Morgan fingerprint density at radius 3 is 2.61 bits per heavy atom. The highest BCUT2D eigenvalue weighted by molar-refractivity contribution is 5.96. The summed E-state index contributed by atoms with van der Waals surface area (Å²) in [5, 5.41) is 21.0. The maximum Gasteiger partial charge on any atom is 0.158 e. The van der Waals surface area contributed by atoms with E-state index in [1.54, 1.807) is 0 Å². The number of carbonyl (C=O) groups is 1. The lowest BCUT2D eigenvalue weighted by Gasteiger charge is -2.47. The van der Waals surface area contributed by atoms with Gasteiger partial charge >= 0.3 is 0 Å². The summed E-state index contributed by atoms with van der Waals surface area (Å²) >= 11 is 0. The van der Waals surface area contributed by atoms with Crippen molar-refractivity contribution in [2.24, 2.45) is 11.8 Å². The number of aliphatic hydroxyl groups is 1. The largest absolute Gasteiger partial charge is 0.508 e. The Kier molecular flexibility index (Phi) is 5.74. The first kappa shape index (κ1) is 22.4. The molecular formula is C27H38O4. The summed E-state index contributed by atoms with van der Waals surface area (Å²) in [5.41, 5.74) is 2.41. The number of ether oxygens (including phenoxy) is 1. The number of aromatic hydroxyl groups is 1. The molecule has 1 unspecified atom stereocenters. The first-order chi connectivity index (χ1) is 14.5. The lowest BCUT2D eigenvalue weighted by Crippen LogP contribution is -2.46. The van der Waals surface area contributed by atoms with Crippen LogP contribution in [0.2, 0.25) is 0 Å². The van der Waals surface area contributed by atoms with Crippen LogP contribution in [-0.2, 0) is 10.2 Å². The van der Waals surface area contributed by atoms with Gasteiger partial charge < -0.3 is 14.9 Å². The molecule has 4 heteroatoms. The van der Waals surface area contributed by atoms with E-state index in [-0.39, 0.29) is 40.7 Å². The Morgan fingerprint density at radius 1 is 1.26 bits per heavy atom. The Balaban J connectivity index is 1.65. The quantitative estimate of drug-likeness (QED) is 0.604. The van der Waals surface area contributed by atoms with E-state index in [0.717, 1.165) is 54.6 Å². The molecule has 4 nitrogen and oxygen atoms in total. The molecule has 0 spiro atoms. The fourth-order valence-electron chi connectivity index (χ4n) is 5.94. The number of Topliss-reactive ketones (excluding diaryl/α,β-unsaturated/α-hetero) is 1. The molecule has 0 aromatic heterocycles.